The summed E-state index contributed by atoms with van der Waals surface area (Å²) in [6.45, 7) is 2.03. The summed E-state index contributed by atoms with van der Waals surface area (Å²) in [4.78, 5) is 2.33. The highest BCUT2D eigenvalue weighted by Crippen LogP contribution is 2.34. The molecule has 0 bridgehead atoms. The van der Waals surface area contributed by atoms with E-state index in [1.165, 1.54) is 11.7 Å². The third-order valence-electron chi connectivity index (χ3n) is 3.57. The monoisotopic (exact) mass is 282 g/mol. The Labute approximate surface area is 115 Å². The van der Waals surface area contributed by atoms with Gasteiger partial charge in [0.05, 0.1) is 22.4 Å². The average Bonchev–Trinajstić information content (AvgIpc) is 2.87. The molecule has 0 spiro atoms. The standard InChI is InChI=1S/C12H15ClN4S/c1-14-8-4-6-17(7-5-8)12-9(13)2-3-10-11(12)16-18-15-10/h2-3,8,14H,4-7H2,1H3. The summed E-state index contributed by atoms with van der Waals surface area (Å²) in [5, 5.41) is 4.11. The summed E-state index contributed by atoms with van der Waals surface area (Å²) in [7, 11) is 2.03. The Morgan fingerprint density at radius 3 is 2.83 bits per heavy atom. The second kappa shape index (κ2) is 4.99. The van der Waals surface area contributed by atoms with Crippen LogP contribution >= 0.6 is 23.3 Å². The molecule has 1 aromatic heterocycles. The molecule has 4 nitrogen and oxygen atoms in total. The van der Waals surface area contributed by atoms with E-state index in [2.05, 4.69) is 19.0 Å². The van der Waals surface area contributed by atoms with Crippen molar-refractivity contribution < 1.29 is 0 Å². The third-order valence-corrected chi connectivity index (χ3v) is 4.42. The maximum Gasteiger partial charge on any atom is 0.129 e. The van der Waals surface area contributed by atoms with E-state index < -0.39 is 0 Å². The molecule has 1 aromatic carbocycles. The van der Waals surface area contributed by atoms with Crippen LogP contribution in [0.15, 0.2) is 12.1 Å². The van der Waals surface area contributed by atoms with Crippen LogP contribution in [-0.4, -0.2) is 34.9 Å². The van der Waals surface area contributed by atoms with Gasteiger partial charge in [0, 0.05) is 19.1 Å². The van der Waals surface area contributed by atoms with Crippen molar-refractivity contribution >= 4 is 40.0 Å². The molecule has 1 fully saturated rings. The van der Waals surface area contributed by atoms with Crippen molar-refractivity contribution in [2.24, 2.45) is 0 Å². The molecular formula is C12H15ClN4S. The van der Waals surface area contributed by atoms with Gasteiger partial charge >= 0.3 is 0 Å². The van der Waals surface area contributed by atoms with Crippen molar-refractivity contribution in [3.05, 3.63) is 17.2 Å². The van der Waals surface area contributed by atoms with Gasteiger partial charge in [-0.15, -0.1) is 0 Å². The first-order chi connectivity index (χ1) is 8.79. The Hall–Kier alpha value is -0.910. The highest BCUT2D eigenvalue weighted by atomic mass is 35.5. The van der Waals surface area contributed by atoms with Crippen molar-refractivity contribution in [2.75, 3.05) is 25.0 Å². The SMILES string of the molecule is CNC1CCN(c2c(Cl)ccc3nsnc23)CC1. The number of halogens is 1. The van der Waals surface area contributed by atoms with E-state index in [1.807, 2.05) is 19.2 Å². The molecule has 1 aliphatic heterocycles. The molecule has 1 N–H and O–H groups in total. The molecular weight excluding hydrogens is 268 g/mol. The number of rotatable bonds is 2. The van der Waals surface area contributed by atoms with E-state index in [1.54, 1.807) is 0 Å². The molecule has 3 rings (SSSR count). The fourth-order valence-corrected chi connectivity index (χ4v) is 3.32. The number of nitrogens with zero attached hydrogens (tertiary/aromatic N) is 3. The van der Waals surface area contributed by atoms with E-state index in [9.17, 15) is 0 Å². The Kier molecular flexibility index (Phi) is 3.37. The number of hydrogen-bond donors (Lipinski definition) is 1. The molecule has 96 valence electrons. The van der Waals surface area contributed by atoms with Crippen molar-refractivity contribution in [2.45, 2.75) is 18.9 Å². The highest BCUT2D eigenvalue weighted by Gasteiger charge is 2.22. The lowest BCUT2D eigenvalue weighted by Crippen LogP contribution is -2.41. The lowest BCUT2D eigenvalue weighted by molar-refractivity contribution is 0.443. The number of benzene rings is 1. The van der Waals surface area contributed by atoms with Crippen LogP contribution in [0.1, 0.15) is 12.8 Å². The van der Waals surface area contributed by atoms with Gasteiger partial charge in [-0.1, -0.05) is 11.6 Å². The van der Waals surface area contributed by atoms with Crippen molar-refractivity contribution in [1.82, 2.24) is 14.1 Å². The molecule has 0 aliphatic carbocycles. The molecule has 1 saturated heterocycles. The largest absolute Gasteiger partial charge is 0.368 e. The summed E-state index contributed by atoms with van der Waals surface area (Å²) in [5.41, 5.74) is 2.93. The average molecular weight is 283 g/mol. The quantitative estimate of drug-likeness (QED) is 0.919. The molecule has 18 heavy (non-hydrogen) atoms. The van der Waals surface area contributed by atoms with E-state index in [0.717, 1.165) is 47.7 Å². The first-order valence-electron chi connectivity index (χ1n) is 6.12. The minimum Gasteiger partial charge on any atom is -0.368 e. The summed E-state index contributed by atoms with van der Waals surface area (Å²) in [6.07, 6.45) is 2.28. The Balaban J connectivity index is 1.94. The van der Waals surface area contributed by atoms with Crippen LogP contribution in [0.25, 0.3) is 11.0 Å². The van der Waals surface area contributed by atoms with Gasteiger partial charge in [-0.25, -0.2) is 0 Å². The molecule has 1 aliphatic rings. The number of fused-ring (bicyclic) bond motifs is 1. The Bertz CT molecular complexity index is 548. The lowest BCUT2D eigenvalue weighted by atomic mass is 10.0. The predicted molar refractivity (Wildman–Crippen MR) is 76.7 cm³/mol. The van der Waals surface area contributed by atoms with Gasteiger partial charge in [0.2, 0.25) is 0 Å². The van der Waals surface area contributed by atoms with Gasteiger partial charge in [-0.2, -0.15) is 8.75 Å². The summed E-state index contributed by atoms with van der Waals surface area (Å²) < 4.78 is 8.66. The Morgan fingerprint density at radius 2 is 2.11 bits per heavy atom. The Morgan fingerprint density at radius 1 is 1.33 bits per heavy atom. The zero-order valence-electron chi connectivity index (χ0n) is 10.2. The van der Waals surface area contributed by atoms with Crippen LogP contribution in [0.5, 0.6) is 0 Å². The fraction of sp³-hybridized carbons (Fsp3) is 0.500. The van der Waals surface area contributed by atoms with Gasteiger partial charge in [-0.3, -0.25) is 0 Å². The van der Waals surface area contributed by atoms with Crippen LogP contribution in [0.2, 0.25) is 5.02 Å². The number of aromatic nitrogens is 2. The first kappa shape index (κ1) is 12.1. The summed E-state index contributed by atoms with van der Waals surface area (Å²) in [6, 6.07) is 4.48. The molecule has 6 heteroatoms. The highest BCUT2D eigenvalue weighted by molar-refractivity contribution is 7.00. The lowest BCUT2D eigenvalue weighted by Gasteiger charge is -2.33. The predicted octanol–water partition coefficient (Wildman–Crippen LogP) is 2.53. The van der Waals surface area contributed by atoms with Crippen LogP contribution in [0, 0.1) is 0 Å². The van der Waals surface area contributed by atoms with Crippen LogP contribution < -0.4 is 10.2 Å². The van der Waals surface area contributed by atoms with Gasteiger partial charge in [0.1, 0.15) is 11.0 Å². The smallest absolute Gasteiger partial charge is 0.129 e. The van der Waals surface area contributed by atoms with Crippen LogP contribution in [0.4, 0.5) is 5.69 Å². The van der Waals surface area contributed by atoms with E-state index in [4.69, 9.17) is 11.6 Å². The number of nitrogens with one attached hydrogen (secondary N) is 1. The maximum absolute atomic E-state index is 6.34. The summed E-state index contributed by atoms with van der Waals surface area (Å²) >= 11 is 7.59. The van der Waals surface area contributed by atoms with E-state index in [-0.39, 0.29) is 0 Å². The minimum atomic E-state index is 0.618. The molecule has 0 unspecified atom stereocenters. The van der Waals surface area contributed by atoms with Gasteiger partial charge in [0.15, 0.2) is 0 Å². The topological polar surface area (TPSA) is 41.0 Å². The van der Waals surface area contributed by atoms with Crippen molar-refractivity contribution in [3.63, 3.8) is 0 Å². The van der Waals surface area contributed by atoms with Crippen LogP contribution in [-0.2, 0) is 0 Å². The van der Waals surface area contributed by atoms with Crippen molar-refractivity contribution in [3.8, 4) is 0 Å². The normalized spacial score (nSPS) is 17.6. The van der Waals surface area contributed by atoms with Crippen molar-refractivity contribution in [1.29, 1.82) is 0 Å². The molecule has 2 aromatic rings. The third kappa shape index (κ3) is 2.06. The fourth-order valence-electron chi connectivity index (χ4n) is 2.51. The molecule has 0 atom stereocenters. The van der Waals surface area contributed by atoms with Gasteiger partial charge in [0.25, 0.3) is 0 Å². The zero-order chi connectivity index (χ0) is 12.5. The first-order valence-corrected chi connectivity index (χ1v) is 7.23. The summed E-state index contributed by atoms with van der Waals surface area (Å²) in [5.74, 6) is 0. The number of piperidine rings is 1. The number of anilines is 1. The molecule has 0 saturated carbocycles. The number of hydrogen-bond acceptors (Lipinski definition) is 5. The molecule has 2 heterocycles. The second-order valence-corrected chi connectivity index (χ2v) is 5.51. The minimum absolute atomic E-state index is 0.618. The molecule has 0 radical (unpaired) electrons. The maximum atomic E-state index is 6.34. The van der Waals surface area contributed by atoms with E-state index >= 15 is 0 Å². The van der Waals surface area contributed by atoms with Gasteiger partial charge < -0.3 is 10.2 Å². The van der Waals surface area contributed by atoms with Crippen LogP contribution in [0.3, 0.4) is 0 Å². The zero-order valence-corrected chi connectivity index (χ0v) is 11.8. The molecule has 0 amide bonds. The second-order valence-electron chi connectivity index (χ2n) is 4.58. The van der Waals surface area contributed by atoms with E-state index in [0.29, 0.717) is 6.04 Å². The van der Waals surface area contributed by atoms with Gasteiger partial charge in [-0.05, 0) is 32.0 Å².